The minimum atomic E-state index is 0.837. The third kappa shape index (κ3) is 7.61. The van der Waals surface area contributed by atoms with E-state index in [2.05, 4.69) is 36.0 Å². The Morgan fingerprint density at radius 2 is 1.70 bits per heavy atom. The normalized spacial score (nSPS) is 18.0. The van der Waals surface area contributed by atoms with Crippen LogP contribution in [0.5, 0.6) is 0 Å². The van der Waals surface area contributed by atoms with Crippen LogP contribution in [0.25, 0.3) is 0 Å². The maximum Gasteiger partial charge on any atom is 0.0117 e. The van der Waals surface area contributed by atoms with Crippen molar-refractivity contribution in [3.8, 4) is 0 Å². The van der Waals surface area contributed by atoms with Crippen LogP contribution < -0.4 is 5.32 Å². The lowest BCUT2D eigenvalue weighted by Crippen LogP contribution is -2.43. The number of unbranched alkanes of at least 4 members (excludes halogenated alkanes) is 3. The first kappa shape index (κ1) is 17.9. The van der Waals surface area contributed by atoms with Crippen molar-refractivity contribution in [3.05, 3.63) is 0 Å². The summed E-state index contributed by atoms with van der Waals surface area (Å²) in [7, 11) is 2.33. The monoisotopic (exact) mass is 283 g/mol. The molecular weight excluding hydrogens is 246 g/mol. The van der Waals surface area contributed by atoms with Crippen molar-refractivity contribution in [1.29, 1.82) is 0 Å². The summed E-state index contributed by atoms with van der Waals surface area (Å²) in [6.07, 6.45) is 9.49. The zero-order valence-electron chi connectivity index (χ0n) is 14.2. The van der Waals surface area contributed by atoms with Gasteiger partial charge in [0, 0.05) is 6.04 Å². The van der Waals surface area contributed by atoms with Crippen molar-refractivity contribution in [2.24, 2.45) is 0 Å². The molecular formula is C17H37N3. The van der Waals surface area contributed by atoms with Gasteiger partial charge in [0.1, 0.15) is 0 Å². The summed E-state index contributed by atoms with van der Waals surface area (Å²) < 4.78 is 0. The summed E-state index contributed by atoms with van der Waals surface area (Å²) in [6, 6.07) is 0.837. The van der Waals surface area contributed by atoms with Gasteiger partial charge in [-0.25, -0.2) is 0 Å². The maximum absolute atomic E-state index is 3.48. The Balaban J connectivity index is 1.94. The van der Waals surface area contributed by atoms with Crippen LogP contribution >= 0.6 is 0 Å². The molecule has 0 unspecified atom stereocenters. The molecule has 1 heterocycles. The summed E-state index contributed by atoms with van der Waals surface area (Å²) in [6.45, 7) is 12.0. The Kier molecular flexibility index (Phi) is 10.3. The molecule has 1 fully saturated rings. The first-order valence-corrected chi connectivity index (χ1v) is 8.91. The quantitative estimate of drug-likeness (QED) is 0.588. The summed E-state index contributed by atoms with van der Waals surface area (Å²) in [5, 5.41) is 3.48. The van der Waals surface area contributed by atoms with Crippen molar-refractivity contribution in [2.45, 2.75) is 64.8 Å². The predicted octanol–water partition coefficient (Wildman–Crippen LogP) is 2.96. The van der Waals surface area contributed by atoms with Gasteiger partial charge in [-0.3, -0.25) is 0 Å². The molecule has 0 saturated carbocycles. The Morgan fingerprint density at radius 3 is 2.35 bits per heavy atom. The van der Waals surface area contributed by atoms with E-state index in [1.165, 1.54) is 84.2 Å². The van der Waals surface area contributed by atoms with E-state index < -0.39 is 0 Å². The molecule has 0 aliphatic carbocycles. The largest absolute Gasteiger partial charge is 0.317 e. The van der Waals surface area contributed by atoms with Gasteiger partial charge in [-0.2, -0.15) is 0 Å². The van der Waals surface area contributed by atoms with Gasteiger partial charge in [-0.15, -0.1) is 0 Å². The molecule has 3 nitrogen and oxygen atoms in total. The molecule has 0 radical (unpaired) electrons. The molecule has 1 N–H and O–H groups in total. The molecule has 120 valence electrons. The van der Waals surface area contributed by atoms with Gasteiger partial charge >= 0.3 is 0 Å². The summed E-state index contributed by atoms with van der Waals surface area (Å²) in [4.78, 5) is 5.19. The van der Waals surface area contributed by atoms with E-state index >= 15 is 0 Å². The van der Waals surface area contributed by atoms with Crippen LogP contribution in [0, 0.1) is 0 Å². The van der Waals surface area contributed by atoms with Crippen LogP contribution in [-0.4, -0.2) is 62.2 Å². The first-order valence-electron chi connectivity index (χ1n) is 8.91. The van der Waals surface area contributed by atoms with Gasteiger partial charge in [0.05, 0.1) is 0 Å². The predicted molar refractivity (Wildman–Crippen MR) is 89.4 cm³/mol. The standard InChI is InChI=1S/C17H37N3/c1-4-12-18-13-8-6-7-9-14-19(3)17-10-15-20(5-2)16-11-17/h17-18H,4-16H2,1-3H3. The number of nitrogens with zero attached hydrogens (tertiary/aromatic N) is 2. The highest BCUT2D eigenvalue weighted by Gasteiger charge is 2.20. The van der Waals surface area contributed by atoms with E-state index in [-0.39, 0.29) is 0 Å². The zero-order chi connectivity index (χ0) is 14.6. The fourth-order valence-corrected chi connectivity index (χ4v) is 3.13. The molecule has 0 aromatic carbocycles. The minimum Gasteiger partial charge on any atom is -0.317 e. The van der Waals surface area contributed by atoms with Crippen molar-refractivity contribution in [1.82, 2.24) is 15.1 Å². The Morgan fingerprint density at radius 1 is 1.00 bits per heavy atom. The van der Waals surface area contributed by atoms with Gasteiger partial charge in [0.2, 0.25) is 0 Å². The van der Waals surface area contributed by atoms with Crippen molar-refractivity contribution < 1.29 is 0 Å². The van der Waals surface area contributed by atoms with Gasteiger partial charge in [-0.05, 0) is 78.4 Å². The lowest BCUT2D eigenvalue weighted by atomic mass is 10.0. The summed E-state index contributed by atoms with van der Waals surface area (Å²) in [5.41, 5.74) is 0. The topological polar surface area (TPSA) is 18.5 Å². The molecule has 3 heteroatoms. The van der Waals surface area contributed by atoms with Crippen molar-refractivity contribution in [2.75, 3.05) is 46.3 Å². The highest BCUT2D eigenvalue weighted by atomic mass is 15.2. The second-order valence-corrected chi connectivity index (χ2v) is 6.31. The average Bonchev–Trinajstić information content (AvgIpc) is 2.50. The first-order chi connectivity index (χ1) is 9.77. The van der Waals surface area contributed by atoms with Crippen LogP contribution in [-0.2, 0) is 0 Å². The molecule has 0 spiro atoms. The molecule has 1 rings (SSSR count). The van der Waals surface area contributed by atoms with E-state index in [1.807, 2.05) is 0 Å². The van der Waals surface area contributed by atoms with Gasteiger partial charge < -0.3 is 15.1 Å². The Bertz CT molecular complexity index is 212. The molecule has 0 atom stereocenters. The smallest absolute Gasteiger partial charge is 0.0117 e. The van der Waals surface area contributed by atoms with Crippen LogP contribution in [0.1, 0.15) is 58.8 Å². The molecule has 0 aromatic heterocycles. The van der Waals surface area contributed by atoms with Crippen molar-refractivity contribution in [3.63, 3.8) is 0 Å². The third-order valence-corrected chi connectivity index (χ3v) is 4.67. The number of rotatable bonds is 11. The number of piperidine rings is 1. The van der Waals surface area contributed by atoms with Crippen LogP contribution in [0.3, 0.4) is 0 Å². The number of hydrogen-bond acceptors (Lipinski definition) is 3. The molecule has 20 heavy (non-hydrogen) atoms. The Labute approximate surface area is 127 Å². The average molecular weight is 284 g/mol. The highest BCUT2D eigenvalue weighted by Crippen LogP contribution is 2.15. The summed E-state index contributed by atoms with van der Waals surface area (Å²) >= 11 is 0. The SMILES string of the molecule is CCCNCCCCCCN(C)C1CCN(CC)CC1. The molecule has 1 aliphatic rings. The molecule has 1 saturated heterocycles. The maximum atomic E-state index is 3.48. The van der Waals surface area contributed by atoms with Gasteiger partial charge in [0.15, 0.2) is 0 Å². The minimum absolute atomic E-state index is 0.837. The second-order valence-electron chi connectivity index (χ2n) is 6.31. The second kappa shape index (κ2) is 11.5. The molecule has 1 aliphatic heterocycles. The third-order valence-electron chi connectivity index (χ3n) is 4.67. The number of likely N-dealkylation sites (tertiary alicyclic amines) is 1. The molecule has 0 aromatic rings. The Hall–Kier alpha value is -0.120. The molecule has 0 amide bonds. The van der Waals surface area contributed by atoms with E-state index in [0.29, 0.717) is 0 Å². The molecule has 0 bridgehead atoms. The van der Waals surface area contributed by atoms with Crippen LogP contribution in [0.4, 0.5) is 0 Å². The number of nitrogens with one attached hydrogen (secondary N) is 1. The van der Waals surface area contributed by atoms with Crippen LogP contribution in [0.15, 0.2) is 0 Å². The highest BCUT2D eigenvalue weighted by molar-refractivity contribution is 4.77. The fourth-order valence-electron chi connectivity index (χ4n) is 3.13. The fraction of sp³-hybridized carbons (Fsp3) is 1.00. The van der Waals surface area contributed by atoms with Crippen LogP contribution in [0.2, 0.25) is 0 Å². The van der Waals surface area contributed by atoms with Gasteiger partial charge in [0.25, 0.3) is 0 Å². The van der Waals surface area contributed by atoms with E-state index in [4.69, 9.17) is 0 Å². The number of hydrogen-bond donors (Lipinski definition) is 1. The zero-order valence-corrected chi connectivity index (χ0v) is 14.2. The summed E-state index contributed by atoms with van der Waals surface area (Å²) in [5.74, 6) is 0. The lowest BCUT2D eigenvalue weighted by molar-refractivity contribution is 0.130. The lowest BCUT2D eigenvalue weighted by Gasteiger charge is -2.36. The van der Waals surface area contributed by atoms with E-state index in [0.717, 1.165) is 6.04 Å². The van der Waals surface area contributed by atoms with E-state index in [9.17, 15) is 0 Å². The van der Waals surface area contributed by atoms with Gasteiger partial charge in [-0.1, -0.05) is 26.7 Å². The van der Waals surface area contributed by atoms with E-state index in [1.54, 1.807) is 0 Å². The van der Waals surface area contributed by atoms with Crippen molar-refractivity contribution >= 4 is 0 Å².